The highest BCUT2D eigenvalue weighted by atomic mass is 16.2. The molecule has 0 spiro atoms. The average Bonchev–Trinajstić information content (AvgIpc) is 3.15. The zero-order valence-electron chi connectivity index (χ0n) is 16.3. The first kappa shape index (κ1) is 20.1. The molecule has 0 atom stereocenters. The second-order valence-electron chi connectivity index (χ2n) is 7.47. The quantitative estimate of drug-likeness (QED) is 0.579. The summed E-state index contributed by atoms with van der Waals surface area (Å²) in [6.07, 6.45) is 7.22. The van der Waals surface area contributed by atoms with Crippen molar-refractivity contribution in [3.05, 3.63) is 42.0 Å². The van der Waals surface area contributed by atoms with E-state index >= 15 is 0 Å². The zero-order valence-corrected chi connectivity index (χ0v) is 16.3. The van der Waals surface area contributed by atoms with Crippen LogP contribution in [0.4, 0.5) is 0 Å². The molecule has 6 nitrogen and oxygen atoms in total. The van der Waals surface area contributed by atoms with Crippen LogP contribution in [0, 0.1) is 5.92 Å². The normalized spacial score (nSPS) is 18.1. The molecule has 0 saturated carbocycles. The van der Waals surface area contributed by atoms with E-state index in [1.807, 2.05) is 46.2 Å². The molecule has 3 amide bonds. The monoisotopic (exact) mass is 383 g/mol. The highest BCUT2D eigenvalue weighted by Gasteiger charge is 2.26. The van der Waals surface area contributed by atoms with Crippen molar-refractivity contribution in [2.75, 3.05) is 32.7 Å². The average molecular weight is 383 g/mol. The number of hydrogen-bond donors (Lipinski definition) is 1. The number of likely N-dealkylation sites (tertiary alicyclic amines) is 2. The summed E-state index contributed by atoms with van der Waals surface area (Å²) in [4.78, 5) is 39.9. The molecule has 2 fully saturated rings. The van der Waals surface area contributed by atoms with Crippen molar-refractivity contribution >= 4 is 23.8 Å². The third-order valence-corrected chi connectivity index (χ3v) is 5.47. The van der Waals surface area contributed by atoms with Gasteiger partial charge in [0.15, 0.2) is 0 Å². The van der Waals surface area contributed by atoms with Crippen LogP contribution in [0.25, 0.3) is 6.08 Å². The molecule has 1 aromatic carbocycles. The molecular weight excluding hydrogens is 354 g/mol. The van der Waals surface area contributed by atoms with Crippen LogP contribution in [0.15, 0.2) is 36.4 Å². The van der Waals surface area contributed by atoms with E-state index in [4.69, 9.17) is 0 Å². The number of piperidine rings is 1. The van der Waals surface area contributed by atoms with Gasteiger partial charge < -0.3 is 15.1 Å². The van der Waals surface area contributed by atoms with Gasteiger partial charge in [-0.1, -0.05) is 30.3 Å². The van der Waals surface area contributed by atoms with Crippen LogP contribution in [-0.4, -0.2) is 60.2 Å². The van der Waals surface area contributed by atoms with E-state index in [1.54, 1.807) is 6.08 Å². The van der Waals surface area contributed by atoms with E-state index in [9.17, 15) is 14.4 Å². The molecule has 0 aromatic heterocycles. The van der Waals surface area contributed by atoms with E-state index in [0.29, 0.717) is 38.9 Å². The minimum atomic E-state index is -0.0319. The molecule has 6 heteroatoms. The zero-order chi connectivity index (χ0) is 19.8. The van der Waals surface area contributed by atoms with Gasteiger partial charge in [0.25, 0.3) is 0 Å². The van der Waals surface area contributed by atoms with E-state index in [-0.39, 0.29) is 23.6 Å². The van der Waals surface area contributed by atoms with Gasteiger partial charge in [0, 0.05) is 51.1 Å². The Labute approximate surface area is 166 Å². The van der Waals surface area contributed by atoms with Crippen molar-refractivity contribution in [2.45, 2.75) is 32.1 Å². The van der Waals surface area contributed by atoms with Crippen LogP contribution in [0.1, 0.15) is 37.7 Å². The van der Waals surface area contributed by atoms with Crippen molar-refractivity contribution in [1.82, 2.24) is 15.1 Å². The van der Waals surface area contributed by atoms with Crippen molar-refractivity contribution in [1.29, 1.82) is 0 Å². The highest BCUT2D eigenvalue weighted by molar-refractivity contribution is 5.92. The van der Waals surface area contributed by atoms with Crippen molar-refractivity contribution < 1.29 is 14.4 Å². The fourth-order valence-electron chi connectivity index (χ4n) is 3.77. The molecule has 2 saturated heterocycles. The van der Waals surface area contributed by atoms with Crippen molar-refractivity contribution in [3.63, 3.8) is 0 Å². The molecule has 2 aliphatic rings. The number of rotatable bonds is 7. The number of nitrogens with zero attached hydrogens (tertiary/aromatic N) is 2. The van der Waals surface area contributed by atoms with Gasteiger partial charge in [-0.2, -0.15) is 0 Å². The Bertz CT molecular complexity index is 709. The molecule has 28 heavy (non-hydrogen) atoms. The van der Waals surface area contributed by atoms with Gasteiger partial charge >= 0.3 is 0 Å². The molecule has 0 radical (unpaired) electrons. The van der Waals surface area contributed by atoms with Crippen LogP contribution < -0.4 is 5.32 Å². The van der Waals surface area contributed by atoms with Crippen LogP contribution in [0.3, 0.4) is 0 Å². The van der Waals surface area contributed by atoms with Gasteiger partial charge in [0.05, 0.1) is 0 Å². The first-order valence-electron chi connectivity index (χ1n) is 10.2. The number of nitrogens with one attached hydrogen (secondary N) is 1. The maximum atomic E-state index is 12.3. The molecule has 0 unspecified atom stereocenters. The van der Waals surface area contributed by atoms with Crippen molar-refractivity contribution in [2.24, 2.45) is 5.92 Å². The summed E-state index contributed by atoms with van der Waals surface area (Å²) in [5.41, 5.74) is 1.00. The van der Waals surface area contributed by atoms with Crippen LogP contribution in [-0.2, 0) is 14.4 Å². The third-order valence-electron chi connectivity index (χ3n) is 5.47. The van der Waals surface area contributed by atoms with E-state index in [1.165, 1.54) is 0 Å². The molecule has 3 rings (SSSR count). The number of amides is 3. The molecule has 2 heterocycles. The van der Waals surface area contributed by atoms with E-state index in [2.05, 4.69) is 5.32 Å². The molecule has 2 aliphatic heterocycles. The largest absolute Gasteiger partial charge is 0.356 e. The smallest absolute Gasteiger partial charge is 0.246 e. The predicted octanol–water partition coefficient (Wildman–Crippen LogP) is 2.07. The molecule has 0 bridgehead atoms. The van der Waals surface area contributed by atoms with E-state index < -0.39 is 0 Å². The molecule has 150 valence electrons. The minimum absolute atomic E-state index is 0.00186. The molecule has 1 N–H and O–H groups in total. The number of benzene rings is 1. The highest BCUT2D eigenvalue weighted by Crippen LogP contribution is 2.18. The van der Waals surface area contributed by atoms with Crippen molar-refractivity contribution in [3.8, 4) is 0 Å². The Morgan fingerprint density at radius 2 is 1.86 bits per heavy atom. The number of carbonyl (C=O) groups excluding carboxylic acids is 3. The Morgan fingerprint density at radius 1 is 1.11 bits per heavy atom. The Morgan fingerprint density at radius 3 is 2.54 bits per heavy atom. The number of hydrogen-bond acceptors (Lipinski definition) is 3. The summed E-state index contributed by atoms with van der Waals surface area (Å²) < 4.78 is 0. The van der Waals surface area contributed by atoms with E-state index in [0.717, 1.165) is 31.5 Å². The van der Waals surface area contributed by atoms with Gasteiger partial charge in [-0.3, -0.25) is 14.4 Å². The lowest BCUT2D eigenvalue weighted by Gasteiger charge is -2.30. The molecular formula is C22H29N3O3. The van der Waals surface area contributed by atoms with Gasteiger partial charge in [0.1, 0.15) is 0 Å². The summed E-state index contributed by atoms with van der Waals surface area (Å²) in [6, 6.07) is 9.75. The first-order valence-corrected chi connectivity index (χ1v) is 10.2. The maximum absolute atomic E-state index is 12.3. The van der Waals surface area contributed by atoms with Gasteiger partial charge in [-0.05, 0) is 37.3 Å². The Kier molecular flexibility index (Phi) is 7.23. The maximum Gasteiger partial charge on any atom is 0.246 e. The predicted molar refractivity (Wildman–Crippen MR) is 108 cm³/mol. The SMILES string of the molecule is O=C(NCCCN1CCCC1=O)C1CCN(C(=O)/C=C/c2ccccc2)CC1. The van der Waals surface area contributed by atoms with Crippen LogP contribution in [0.5, 0.6) is 0 Å². The van der Waals surface area contributed by atoms with Crippen LogP contribution >= 0.6 is 0 Å². The number of carbonyl (C=O) groups is 3. The molecule has 1 aromatic rings. The fourth-order valence-corrected chi connectivity index (χ4v) is 3.77. The second-order valence-corrected chi connectivity index (χ2v) is 7.47. The van der Waals surface area contributed by atoms with Gasteiger partial charge in [-0.15, -0.1) is 0 Å². The van der Waals surface area contributed by atoms with Crippen LogP contribution in [0.2, 0.25) is 0 Å². The molecule has 0 aliphatic carbocycles. The first-order chi connectivity index (χ1) is 13.6. The summed E-state index contributed by atoms with van der Waals surface area (Å²) in [6.45, 7) is 3.38. The topological polar surface area (TPSA) is 69.7 Å². The summed E-state index contributed by atoms with van der Waals surface area (Å²) >= 11 is 0. The van der Waals surface area contributed by atoms with Gasteiger partial charge in [0.2, 0.25) is 17.7 Å². The lowest BCUT2D eigenvalue weighted by Crippen LogP contribution is -2.43. The standard InChI is InChI=1S/C22H29N3O3/c26-20-8-4-14-24(20)15-5-13-23-22(28)19-11-16-25(17-12-19)21(27)10-9-18-6-2-1-3-7-18/h1-3,6-7,9-10,19H,4-5,8,11-17H2,(H,23,28)/b10-9+. The Balaban J connectivity index is 1.33. The van der Waals surface area contributed by atoms with Gasteiger partial charge in [-0.25, -0.2) is 0 Å². The third kappa shape index (κ3) is 5.68. The minimum Gasteiger partial charge on any atom is -0.356 e. The lowest BCUT2D eigenvalue weighted by molar-refractivity contribution is -0.132. The second kappa shape index (κ2) is 10.1. The summed E-state index contributed by atoms with van der Waals surface area (Å²) in [7, 11) is 0. The fraction of sp³-hybridized carbons (Fsp3) is 0.500. The lowest BCUT2D eigenvalue weighted by atomic mass is 9.95. The summed E-state index contributed by atoms with van der Waals surface area (Å²) in [5, 5.41) is 2.99. The summed E-state index contributed by atoms with van der Waals surface area (Å²) in [5.74, 6) is 0.262. The Hall–Kier alpha value is -2.63.